The van der Waals surface area contributed by atoms with Crippen molar-refractivity contribution in [2.24, 2.45) is 0 Å². The summed E-state index contributed by atoms with van der Waals surface area (Å²) in [5.41, 5.74) is 2.84. The average Bonchev–Trinajstić information content (AvgIpc) is 2.96. The number of aryl methyl sites for hydroxylation is 1. The number of amides is 3. The van der Waals surface area contributed by atoms with Crippen molar-refractivity contribution in [3.8, 4) is 5.75 Å². The molecule has 0 bridgehead atoms. The Kier molecular flexibility index (Phi) is 9.23. The van der Waals surface area contributed by atoms with Crippen LogP contribution in [-0.2, 0) is 21.4 Å². The molecule has 9 heteroatoms. The molecule has 4 rings (SSSR count). The Labute approximate surface area is 247 Å². The molecule has 0 spiro atoms. The van der Waals surface area contributed by atoms with Crippen LogP contribution in [0.4, 0.5) is 0 Å². The molecule has 1 heterocycles. The number of aliphatic hydroxyl groups is 1. The SMILES string of the molecule is C=C1CCC2(O)C(C)N(C)CCC2(c2c(C)ccc(C(=O)NCCc3ccc(/C(=C/NC)C(=O)NC=O)cc3)c2O)C1. The van der Waals surface area contributed by atoms with Crippen molar-refractivity contribution in [1.82, 2.24) is 20.9 Å². The Morgan fingerprint density at radius 3 is 2.55 bits per heavy atom. The van der Waals surface area contributed by atoms with E-state index in [9.17, 15) is 24.6 Å². The molecule has 3 unspecified atom stereocenters. The van der Waals surface area contributed by atoms with Gasteiger partial charge in [0.2, 0.25) is 6.41 Å². The summed E-state index contributed by atoms with van der Waals surface area (Å²) in [6, 6.07) is 10.7. The maximum absolute atomic E-state index is 13.3. The predicted molar refractivity (Wildman–Crippen MR) is 163 cm³/mol. The number of hydrogen-bond donors (Lipinski definition) is 5. The van der Waals surface area contributed by atoms with E-state index < -0.39 is 16.9 Å². The summed E-state index contributed by atoms with van der Waals surface area (Å²) in [5.74, 6) is -0.966. The minimum absolute atomic E-state index is 0.0702. The van der Waals surface area contributed by atoms with Gasteiger partial charge in [-0.05, 0) is 82.3 Å². The topological polar surface area (TPSA) is 131 Å². The van der Waals surface area contributed by atoms with Crippen LogP contribution in [-0.4, -0.2) is 72.2 Å². The lowest BCUT2D eigenvalue weighted by Crippen LogP contribution is -2.68. The van der Waals surface area contributed by atoms with Gasteiger partial charge in [0.05, 0.1) is 16.7 Å². The van der Waals surface area contributed by atoms with E-state index in [-0.39, 0.29) is 23.3 Å². The van der Waals surface area contributed by atoms with Gasteiger partial charge < -0.3 is 25.7 Å². The second-order valence-electron chi connectivity index (χ2n) is 11.6. The van der Waals surface area contributed by atoms with Crippen molar-refractivity contribution in [1.29, 1.82) is 0 Å². The first-order valence-electron chi connectivity index (χ1n) is 14.4. The minimum Gasteiger partial charge on any atom is -0.507 e. The van der Waals surface area contributed by atoms with Crippen LogP contribution in [0.2, 0.25) is 0 Å². The van der Waals surface area contributed by atoms with Gasteiger partial charge in [-0.15, -0.1) is 0 Å². The summed E-state index contributed by atoms with van der Waals surface area (Å²) in [6.45, 7) is 9.31. The molecule has 9 nitrogen and oxygen atoms in total. The first kappa shape index (κ1) is 31.0. The third-order valence-corrected chi connectivity index (χ3v) is 9.28. The van der Waals surface area contributed by atoms with Crippen molar-refractivity contribution >= 4 is 23.8 Å². The monoisotopic (exact) mass is 574 g/mol. The number of likely N-dealkylation sites (N-methyl/N-ethyl adjacent to an activating group) is 1. The van der Waals surface area contributed by atoms with Crippen LogP contribution >= 0.6 is 0 Å². The molecule has 224 valence electrons. The van der Waals surface area contributed by atoms with Crippen LogP contribution in [0.5, 0.6) is 5.75 Å². The third kappa shape index (κ3) is 5.58. The molecule has 2 aromatic rings. The maximum Gasteiger partial charge on any atom is 0.259 e. The van der Waals surface area contributed by atoms with Crippen LogP contribution in [0, 0.1) is 6.92 Å². The minimum atomic E-state index is -1.07. The average molecular weight is 575 g/mol. The van der Waals surface area contributed by atoms with Crippen molar-refractivity contribution < 1.29 is 24.6 Å². The van der Waals surface area contributed by atoms with E-state index in [1.807, 2.05) is 39.1 Å². The number of imide groups is 1. The number of nitrogens with zero attached hydrogens (tertiary/aromatic N) is 1. The second-order valence-corrected chi connectivity index (χ2v) is 11.6. The Bertz CT molecular complexity index is 1400. The fourth-order valence-corrected chi connectivity index (χ4v) is 6.85. The molecule has 1 aliphatic carbocycles. The van der Waals surface area contributed by atoms with Gasteiger partial charge in [0.1, 0.15) is 5.75 Å². The lowest BCUT2D eigenvalue weighted by atomic mass is 9.52. The van der Waals surface area contributed by atoms with E-state index in [0.717, 1.165) is 29.7 Å². The number of carbonyl (C=O) groups excluding carboxylic acids is 3. The lowest BCUT2D eigenvalue weighted by Gasteiger charge is -2.60. The molecule has 3 amide bonds. The van der Waals surface area contributed by atoms with Crippen molar-refractivity contribution in [3.63, 3.8) is 0 Å². The highest BCUT2D eigenvalue weighted by molar-refractivity contribution is 6.21. The number of rotatable bonds is 9. The van der Waals surface area contributed by atoms with Crippen molar-refractivity contribution in [2.75, 3.05) is 27.2 Å². The number of likely N-dealkylation sites (tertiary alicyclic amines) is 1. The first-order valence-corrected chi connectivity index (χ1v) is 14.4. The summed E-state index contributed by atoms with van der Waals surface area (Å²) >= 11 is 0. The van der Waals surface area contributed by atoms with E-state index in [0.29, 0.717) is 55.3 Å². The van der Waals surface area contributed by atoms with Crippen LogP contribution < -0.4 is 16.0 Å². The number of nitrogens with one attached hydrogen (secondary N) is 3. The number of benzene rings is 2. The molecule has 2 fully saturated rings. The van der Waals surface area contributed by atoms with Gasteiger partial charge in [-0.2, -0.15) is 0 Å². The van der Waals surface area contributed by atoms with Crippen LogP contribution in [0.25, 0.3) is 5.57 Å². The number of phenols is 1. The van der Waals surface area contributed by atoms with E-state index in [2.05, 4.69) is 27.4 Å². The van der Waals surface area contributed by atoms with Gasteiger partial charge in [-0.3, -0.25) is 19.7 Å². The van der Waals surface area contributed by atoms with E-state index in [1.54, 1.807) is 25.2 Å². The van der Waals surface area contributed by atoms with Crippen LogP contribution in [0.1, 0.15) is 65.2 Å². The number of phenolic OH excluding ortho intramolecular Hbond substituents is 1. The summed E-state index contributed by atoms with van der Waals surface area (Å²) < 4.78 is 0. The molecule has 2 aromatic carbocycles. The first-order chi connectivity index (χ1) is 20.0. The number of aromatic hydroxyl groups is 1. The normalized spacial score (nSPS) is 24.5. The van der Waals surface area contributed by atoms with E-state index in [1.165, 1.54) is 6.20 Å². The fourth-order valence-electron chi connectivity index (χ4n) is 6.85. The third-order valence-electron chi connectivity index (χ3n) is 9.28. The Hall–Kier alpha value is -3.95. The van der Waals surface area contributed by atoms with Gasteiger partial charge >= 0.3 is 0 Å². The Morgan fingerprint density at radius 2 is 1.88 bits per heavy atom. The van der Waals surface area contributed by atoms with Gasteiger partial charge in [0, 0.05) is 36.8 Å². The molecule has 3 atom stereocenters. The molecular formula is C33H42N4O5. The number of piperidine rings is 1. The van der Waals surface area contributed by atoms with Gasteiger partial charge in [0.25, 0.3) is 11.8 Å². The number of allylic oxidation sites excluding steroid dienone is 1. The van der Waals surface area contributed by atoms with E-state index >= 15 is 0 Å². The molecule has 0 aromatic heterocycles. The van der Waals surface area contributed by atoms with Crippen molar-refractivity contribution in [3.05, 3.63) is 82.6 Å². The molecule has 1 aliphatic heterocycles. The van der Waals surface area contributed by atoms with Gasteiger partial charge in [-0.25, -0.2) is 0 Å². The highest BCUT2D eigenvalue weighted by Crippen LogP contribution is 2.57. The quantitative estimate of drug-likeness (QED) is 0.177. The molecule has 1 saturated heterocycles. The van der Waals surface area contributed by atoms with Crippen LogP contribution in [0.15, 0.2) is 54.8 Å². The predicted octanol–water partition coefficient (Wildman–Crippen LogP) is 2.94. The molecule has 2 aliphatic rings. The molecule has 5 N–H and O–H groups in total. The fraction of sp³-hybridized carbons (Fsp3) is 0.424. The zero-order chi connectivity index (χ0) is 30.7. The highest BCUT2D eigenvalue weighted by atomic mass is 16.3. The number of hydrogen-bond acceptors (Lipinski definition) is 7. The summed E-state index contributed by atoms with van der Waals surface area (Å²) in [6.07, 6.45) is 4.91. The van der Waals surface area contributed by atoms with Gasteiger partial charge in [0.15, 0.2) is 0 Å². The molecule has 1 saturated carbocycles. The molecule has 0 radical (unpaired) electrons. The summed E-state index contributed by atoms with van der Waals surface area (Å²) in [4.78, 5) is 38.4. The number of carbonyl (C=O) groups is 3. The number of fused-ring (bicyclic) bond motifs is 1. The summed E-state index contributed by atoms with van der Waals surface area (Å²) in [7, 11) is 3.68. The van der Waals surface area contributed by atoms with Crippen molar-refractivity contribution in [2.45, 2.75) is 63.0 Å². The molecule has 42 heavy (non-hydrogen) atoms. The largest absolute Gasteiger partial charge is 0.507 e. The zero-order valence-electron chi connectivity index (χ0n) is 24.9. The second kappa shape index (κ2) is 12.5. The van der Waals surface area contributed by atoms with Gasteiger partial charge in [-0.1, -0.05) is 42.5 Å². The maximum atomic E-state index is 13.3. The Balaban J connectivity index is 1.52. The Morgan fingerprint density at radius 1 is 1.17 bits per heavy atom. The zero-order valence-corrected chi connectivity index (χ0v) is 24.9. The smallest absolute Gasteiger partial charge is 0.259 e. The summed E-state index contributed by atoms with van der Waals surface area (Å²) in [5, 5.41) is 31.7. The van der Waals surface area contributed by atoms with E-state index in [4.69, 9.17) is 0 Å². The van der Waals surface area contributed by atoms with Crippen LogP contribution in [0.3, 0.4) is 0 Å². The highest BCUT2D eigenvalue weighted by Gasteiger charge is 2.60. The standard InChI is InChI=1S/C33H42N4O5/c1-21-12-14-33(42)23(3)37(5)17-15-32(33,18-21)28-22(2)6-11-26(29(28)39)30(40)35-16-13-24-7-9-25(10-8-24)27(19-34-4)31(41)36-20-38/h6-11,19-20,23,34,39,42H,1,12-18H2,2-5H3,(H,35,40)(H,36,38,41)/b27-19-. The lowest BCUT2D eigenvalue weighted by molar-refractivity contribution is -0.141. The molecular weight excluding hydrogens is 532 g/mol.